The van der Waals surface area contributed by atoms with Crippen molar-refractivity contribution in [2.45, 2.75) is 31.7 Å². The highest BCUT2D eigenvalue weighted by molar-refractivity contribution is 5.94. The molecule has 5 amide bonds. The smallest absolute Gasteiger partial charge is 0.334 e. The summed E-state index contributed by atoms with van der Waals surface area (Å²) in [7, 11) is 3.36. The van der Waals surface area contributed by atoms with Crippen LogP contribution in [0.5, 0.6) is 5.75 Å². The third kappa shape index (κ3) is 6.99. The van der Waals surface area contributed by atoms with Crippen molar-refractivity contribution >= 4 is 23.8 Å². The average molecular weight is 611 g/mol. The first kappa shape index (κ1) is 31.3. The molecule has 0 aliphatic carbocycles. The van der Waals surface area contributed by atoms with Crippen LogP contribution >= 0.6 is 0 Å². The number of phenols is 1. The summed E-state index contributed by atoms with van der Waals surface area (Å²) in [5.74, 6) is -0.601. The van der Waals surface area contributed by atoms with E-state index in [9.17, 15) is 24.3 Å². The van der Waals surface area contributed by atoms with Gasteiger partial charge in [0.15, 0.2) is 0 Å². The number of carbonyl (C=O) groups is 4. The summed E-state index contributed by atoms with van der Waals surface area (Å²) in [5.41, 5.74) is 2.92. The van der Waals surface area contributed by atoms with Gasteiger partial charge in [-0.15, -0.1) is 6.58 Å². The SMILES string of the molecule is C=CCN1CC(=O)N2C(Cc3ccc(O)cc3)C(=O)N(Cc3cccc(C(=O)N(C)C)c3)C[C@@H]2N1C(=O)NCc1ccccc1. The van der Waals surface area contributed by atoms with Crippen LogP contribution in [0.2, 0.25) is 0 Å². The largest absolute Gasteiger partial charge is 0.508 e. The zero-order valence-corrected chi connectivity index (χ0v) is 25.5. The summed E-state index contributed by atoms with van der Waals surface area (Å²) >= 11 is 0. The highest BCUT2D eigenvalue weighted by Crippen LogP contribution is 2.30. The lowest BCUT2D eigenvalue weighted by molar-refractivity contribution is -0.189. The van der Waals surface area contributed by atoms with Crippen LogP contribution in [0.1, 0.15) is 27.0 Å². The first-order chi connectivity index (χ1) is 21.7. The Hall–Kier alpha value is -5.16. The summed E-state index contributed by atoms with van der Waals surface area (Å²) < 4.78 is 0. The Morgan fingerprint density at radius 1 is 0.978 bits per heavy atom. The number of hydrazine groups is 1. The molecular weight excluding hydrogens is 572 g/mol. The second kappa shape index (κ2) is 13.6. The fraction of sp³-hybridized carbons (Fsp3) is 0.294. The Balaban J connectivity index is 1.50. The van der Waals surface area contributed by atoms with Crippen LogP contribution in [0, 0.1) is 0 Å². The maximum Gasteiger partial charge on any atom is 0.334 e. The average Bonchev–Trinajstić information content (AvgIpc) is 3.03. The van der Waals surface area contributed by atoms with Gasteiger partial charge >= 0.3 is 6.03 Å². The quantitative estimate of drug-likeness (QED) is 0.360. The molecule has 0 spiro atoms. The van der Waals surface area contributed by atoms with Gasteiger partial charge in [-0.05, 0) is 41.0 Å². The minimum Gasteiger partial charge on any atom is -0.508 e. The summed E-state index contributed by atoms with van der Waals surface area (Å²) in [6.07, 6.45) is 1.03. The first-order valence-electron chi connectivity index (χ1n) is 14.8. The number of carbonyl (C=O) groups excluding carboxylic acids is 4. The number of fused-ring (bicyclic) bond motifs is 1. The number of nitrogens with zero attached hydrogens (tertiary/aromatic N) is 5. The van der Waals surface area contributed by atoms with Gasteiger partial charge in [-0.25, -0.2) is 14.8 Å². The lowest BCUT2D eigenvalue weighted by Gasteiger charge is -2.55. The summed E-state index contributed by atoms with van der Waals surface area (Å²) in [5, 5.41) is 16.0. The van der Waals surface area contributed by atoms with Crippen molar-refractivity contribution in [3.8, 4) is 5.75 Å². The Morgan fingerprint density at radius 2 is 1.69 bits per heavy atom. The zero-order chi connectivity index (χ0) is 32.1. The number of benzene rings is 3. The van der Waals surface area contributed by atoms with Crippen molar-refractivity contribution in [3.63, 3.8) is 0 Å². The molecule has 2 heterocycles. The summed E-state index contributed by atoms with van der Waals surface area (Å²) in [6.45, 7) is 4.50. The lowest BCUT2D eigenvalue weighted by atomic mass is 9.98. The molecule has 0 radical (unpaired) electrons. The molecule has 2 atom stereocenters. The number of piperazine rings is 1. The van der Waals surface area contributed by atoms with Gasteiger partial charge in [-0.1, -0.05) is 60.7 Å². The molecule has 0 saturated carbocycles. The molecule has 11 nitrogen and oxygen atoms in total. The molecule has 1 unspecified atom stereocenters. The highest BCUT2D eigenvalue weighted by atomic mass is 16.3. The number of hydrogen-bond acceptors (Lipinski definition) is 6. The van der Waals surface area contributed by atoms with Gasteiger partial charge in [-0.3, -0.25) is 14.4 Å². The predicted molar refractivity (Wildman–Crippen MR) is 168 cm³/mol. The number of rotatable bonds is 9. The van der Waals surface area contributed by atoms with E-state index in [1.54, 1.807) is 60.4 Å². The van der Waals surface area contributed by atoms with Crippen molar-refractivity contribution in [2.75, 3.05) is 33.7 Å². The van der Waals surface area contributed by atoms with Crippen molar-refractivity contribution < 1.29 is 24.3 Å². The fourth-order valence-corrected chi connectivity index (χ4v) is 5.83. The van der Waals surface area contributed by atoms with Crippen molar-refractivity contribution in [1.82, 2.24) is 30.0 Å². The monoisotopic (exact) mass is 610 g/mol. The molecule has 3 aromatic rings. The molecule has 2 aliphatic rings. The van der Waals surface area contributed by atoms with Gasteiger partial charge < -0.3 is 25.1 Å². The Morgan fingerprint density at radius 3 is 2.38 bits per heavy atom. The van der Waals surface area contributed by atoms with Gasteiger partial charge in [0.2, 0.25) is 11.8 Å². The standard InChI is InChI=1S/C34H38N6O5/c1-4-17-38-23-31(42)39-29(19-24-13-15-28(41)16-14-24)33(44)37(21-26-11-8-12-27(18-26)32(43)36(2)3)22-30(39)40(38)34(45)35-20-25-9-6-5-7-10-25/h4-16,18,29-30,41H,1,17,19-23H2,2-3H3,(H,35,45)/t29?,30-/m0/s1. The van der Waals surface area contributed by atoms with Crippen LogP contribution in [0.3, 0.4) is 0 Å². The molecular formula is C34H38N6O5. The zero-order valence-electron chi connectivity index (χ0n) is 25.5. The molecule has 0 aromatic heterocycles. The maximum absolute atomic E-state index is 14.2. The van der Waals surface area contributed by atoms with E-state index in [1.165, 1.54) is 26.9 Å². The highest BCUT2D eigenvalue weighted by Gasteiger charge is 2.51. The molecule has 0 bridgehead atoms. The van der Waals surface area contributed by atoms with E-state index >= 15 is 0 Å². The summed E-state index contributed by atoms with van der Waals surface area (Å²) in [6, 6.07) is 21.8. The molecule has 2 saturated heterocycles. The molecule has 11 heteroatoms. The van der Waals surface area contributed by atoms with Crippen LogP contribution in [-0.4, -0.2) is 99.5 Å². The second-order valence-electron chi connectivity index (χ2n) is 11.4. The number of nitrogens with one attached hydrogen (secondary N) is 1. The van der Waals surface area contributed by atoms with E-state index in [0.29, 0.717) is 5.56 Å². The Kier molecular flexibility index (Phi) is 9.48. The van der Waals surface area contributed by atoms with Crippen molar-refractivity contribution in [3.05, 3.63) is 114 Å². The minimum atomic E-state index is -0.900. The van der Waals surface area contributed by atoms with E-state index in [4.69, 9.17) is 0 Å². The normalized spacial score (nSPS) is 18.4. The van der Waals surface area contributed by atoms with Gasteiger partial charge in [-0.2, -0.15) is 0 Å². The summed E-state index contributed by atoms with van der Waals surface area (Å²) in [4.78, 5) is 59.1. The Bertz CT molecular complexity index is 1560. The second-order valence-corrected chi connectivity index (χ2v) is 11.4. The fourth-order valence-electron chi connectivity index (χ4n) is 5.83. The van der Waals surface area contributed by atoms with Gasteiger partial charge in [0, 0.05) is 45.7 Å². The van der Waals surface area contributed by atoms with Crippen LogP contribution in [0.4, 0.5) is 4.79 Å². The van der Waals surface area contributed by atoms with Gasteiger partial charge in [0.05, 0.1) is 13.1 Å². The van der Waals surface area contributed by atoms with E-state index in [1.807, 2.05) is 36.4 Å². The third-order valence-corrected chi connectivity index (χ3v) is 7.98. The van der Waals surface area contributed by atoms with E-state index in [2.05, 4.69) is 11.9 Å². The Labute approximate surface area is 262 Å². The van der Waals surface area contributed by atoms with Crippen LogP contribution in [-0.2, 0) is 29.1 Å². The molecule has 2 fully saturated rings. The predicted octanol–water partition coefficient (Wildman–Crippen LogP) is 2.83. The number of aromatic hydroxyl groups is 1. The number of urea groups is 1. The van der Waals surface area contributed by atoms with Gasteiger partial charge in [0.25, 0.3) is 5.91 Å². The lowest BCUT2D eigenvalue weighted by Crippen LogP contribution is -2.76. The third-order valence-electron chi connectivity index (χ3n) is 7.98. The number of amides is 5. The van der Waals surface area contributed by atoms with E-state index < -0.39 is 18.2 Å². The minimum absolute atomic E-state index is 0.0644. The van der Waals surface area contributed by atoms with Crippen molar-refractivity contribution in [2.24, 2.45) is 0 Å². The molecule has 2 aliphatic heterocycles. The molecule has 45 heavy (non-hydrogen) atoms. The van der Waals surface area contributed by atoms with Crippen LogP contribution in [0.25, 0.3) is 0 Å². The topological polar surface area (TPSA) is 117 Å². The van der Waals surface area contributed by atoms with Crippen LogP contribution < -0.4 is 5.32 Å². The molecule has 3 aromatic carbocycles. The first-order valence-corrected chi connectivity index (χ1v) is 14.8. The van der Waals surface area contributed by atoms with E-state index in [-0.39, 0.29) is 62.6 Å². The van der Waals surface area contributed by atoms with E-state index in [0.717, 1.165) is 16.7 Å². The maximum atomic E-state index is 14.2. The molecule has 5 rings (SSSR count). The van der Waals surface area contributed by atoms with Crippen molar-refractivity contribution in [1.29, 1.82) is 0 Å². The van der Waals surface area contributed by atoms with Gasteiger partial charge in [0.1, 0.15) is 18.0 Å². The molecule has 234 valence electrons. The number of hydrogen-bond donors (Lipinski definition) is 2. The number of phenolic OH excluding ortho intramolecular Hbond substituents is 1. The van der Waals surface area contributed by atoms with Crippen LogP contribution in [0.15, 0.2) is 91.5 Å². The molecule has 2 N–H and O–H groups in total.